The first-order chi connectivity index (χ1) is 11.0. The molecule has 1 aliphatic heterocycles. The van der Waals surface area contributed by atoms with Gasteiger partial charge in [-0.15, -0.1) is 0 Å². The maximum atomic E-state index is 12.1. The molecule has 0 radical (unpaired) electrons. The molecule has 23 heavy (non-hydrogen) atoms. The highest BCUT2D eigenvalue weighted by atomic mass is 79.9. The highest BCUT2D eigenvalue weighted by Crippen LogP contribution is 2.34. The number of anilines is 1. The van der Waals surface area contributed by atoms with Gasteiger partial charge >= 0.3 is 0 Å². The summed E-state index contributed by atoms with van der Waals surface area (Å²) in [6, 6.07) is 10.2. The summed E-state index contributed by atoms with van der Waals surface area (Å²) in [5.41, 5.74) is 3.99. The van der Waals surface area contributed by atoms with Crippen LogP contribution in [0.2, 0.25) is 5.02 Å². The van der Waals surface area contributed by atoms with Gasteiger partial charge in [0.15, 0.2) is 5.71 Å². The van der Waals surface area contributed by atoms with Crippen molar-refractivity contribution in [3.63, 3.8) is 0 Å². The van der Waals surface area contributed by atoms with Crippen LogP contribution in [0.1, 0.15) is 15.9 Å². The summed E-state index contributed by atoms with van der Waals surface area (Å²) in [6.07, 6.45) is 0. The number of benzene rings is 2. The number of nitrogens with zero attached hydrogens (tertiary/aromatic N) is 1. The molecule has 0 saturated heterocycles. The molecule has 0 fully saturated rings. The molecule has 1 aliphatic rings. The van der Waals surface area contributed by atoms with E-state index in [1.54, 1.807) is 30.3 Å². The Balaban J connectivity index is 1.92. The number of fused-ring (bicyclic) bond motifs is 1. The monoisotopic (exact) mass is 455 g/mol. The van der Waals surface area contributed by atoms with Crippen LogP contribution in [0.4, 0.5) is 5.69 Å². The second-order valence-electron chi connectivity index (χ2n) is 4.65. The smallest absolute Gasteiger partial charge is 0.276 e. The molecular weight excluding hydrogens is 449 g/mol. The van der Waals surface area contributed by atoms with Crippen molar-refractivity contribution in [3.8, 4) is 0 Å². The van der Waals surface area contributed by atoms with Crippen molar-refractivity contribution in [3.05, 3.63) is 61.5 Å². The maximum absolute atomic E-state index is 12.1. The third kappa shape index (κ3) is 3.17. The first-order valence-electron chi connectivity index (χ1n) is 6.40. The molecule has 2 N–H and O–H groups in total. The average Bonchev–Trinajstić information content (AvgIpc) is 2.81. The number of rotatable bonds is 2. The van der Waals surface area contributed by atoms with Crippen molar-refractivity contribution >= 4 is 66.7 Å². The van der Waals surface area contributed by atoms with E-state index in [0.29, 0.717) is 16.3 Å². The van der Waals surface area contributed by atoms with Gasteiger partial charge in [-0.1, -0.05) is 39.7 Å². The number of halogens is 3. The van der Waals surface area contributed by atoms with E-state index in [2.05, 4.69) is 47.7 Å². The summed E-state index contributed by atoms with van der Waals surface area (Å²) < 4.78 is 1.50. The van der Waals surface area contributed by atoms with Crippen molar-refractivity contribution in [2.75, 3.05) is 5.32 Å². The average molecular weight is 458 g/mol. The van der Waals surface area contributed by atoms with E-state index in [-0.39, 0.29) is 11.3 Å². The van der Waals surface area contributed by atoms with Crippen LogP contribution in [0.5, 0.6) is 0 Å². The van der Waals surface area contributed by atoms with Crippen LogP contribution in [0.3, 0.4) is 0 Å². The van der Waals surface area contributed by atoms with Crippen molar-refractivity contribution in [1.29, 1.82) is 0 Å². The third-order valence-corrected chi connectivity index (χ3v) is 4.56. The van der Waals surface area contributed by atoms with Gasteiger partial charge in [-0.2, -0.15) is 5.10 Å². The minimum Gasteiger partial charge on any atom is -0.319 e. The Morgan fingerprint density at radius 2 is 1.96 bits per heavy atom. The minimum atomic E-state index is -0.488. The van der Waals surface area contributed by atoms with Gasteiger partial charge in [0.05, 0.1) is 16.3 Å². The summed E-state index contributed by atoms with van der Waals surface area (Å²) in [4.78, 5) is 24.2. The van der Waals surface area contributed by atoms with Gasteiger partial charge in [-0.05, 0) is 40.2 Å². The molecular formula is C15H8Br2ClN3O2. The Bertz CT molecular complexity index is 868. The van der Waals surface area contributed by atoms with Crippen molar-refractivity contribution in [2.24, 2.45) is 5.10 Å². The molecule has 0 aromatic heterocycles. The van der Waals surface area contributed by atoms with Crippen LogP contribution < -0.4 is 10.7 Å². The molecule has 5 nitrogen and oxygen atoms in total. The highest BCUT2D eigenvalue weighted by Gasteiger charge is 2.28. The number of amides is 2. The van der Waals surface area contributed by atoms with E-state index in [0.717, 1.165) is 8.95 Å². The van der Waals surface area contributed by atoms with Crippen LogP contribution in [-0.2, 0) is 4.79 Å². The van der Waals surface area contributed by atoms with Crippen LogP contribution >= 0.6 is 43.5 Å². The number of carbonyl (C=O) groups is 2. The van der Waals surface area contributed by atoms with E-state index in [1.807, 2.05) is 6.07 Å². The van der Waals surface area contributed by atoms with Gasteiger partial charge in [0.1, 0.15) is 0 Å². The molecule has 2 aromatic carbocycles. The molecule has 8 heteroatoms. The summed E-state index contributed by atoms with van der Waals surface area (Å²) in [5, 5.41) is 6.97. The van der Waals surface area contributed by atoms with E-state index in [9.17, 15) is 9.59 Å². The van der Waals surface area contributed by atoms with Crippen molar-refractivity contribution in [2.45, 2.75) is 0 Å². The Hall–Kier alpha value is -1.70. The van der Waals surface area contributed by atoms with E-state index in [1.165, 1.54) is 0 Å². The predicted molar refractivity (Wildman–Crippen MR) is 95.9 cm³/mol. The summed E-state index contributed by atoms with van der Waals surface area (Å²) in [6.45, 7) is 0. The van der Waals surface area contributed by atoms with Gasteiger partial charge in [0.25, 0.3) is 11.8 Å². The predicted octanol–water partition coefficient (Wildman–Crippen LogP) is 3.95. The molecule has 0 saturated carbocycles. The molecule has 0 aliphatic carbocycles. The molecule has 3 rings (SSSR count). The lowest BCUT2D eigenvalue weighted by Crippen LogP contribution is -2.23. The lowest BCUT2D eigenvalue weighted by Gasteiger charge is -2.04. The molecule has 0 atom stereocenters. The first-order valence-corrected chi connectivity index (χ1v) is 8.37. The van der Waals surface area contributed by atoms with Crippen LogP contribution in [0, 0.1) is 0 Å². The molecule has 0 spiro atoms. The van der Waals surface area contributed by atoms with E-state index >= 15 is 0 Å². The highest BCUT2D eigenvalue weighted by molar-refractivity contribution is 9.11. The number of nitrogens with one attached hydrogen (secondary N) is 2. The van der Waals surface area contributed by atoms with Gasteiger partial charge in [0.2, 0.25) is 0 Å². The number of carbonyl (C=O) groups excluding carboxylic acids is 2. The molecule has 0 unspecified atom stereocenters. The Morgan fingerprint density at radius 1 is 1.22 bits per heavy atom. The van der Waals surface area contributed by atoms with E-state index in [4.69, 9.17) is 11.6 Å². The Morgan fingerprint density at radius 3 is 2.70 bits per heavy atom. The fraction of sp³-hybridized carbons (Fsp3) is 0. The second kappa shape index (κ2) is 6.43. The molecule has 1 heterocycles. The maximum Gasteiger partial charge on any atom is 0.276 e. The summed E-state index contributed by atoms with van der Waals surface area (Å²) in [5.74, 6) is -0.878. The van der Waals surface area contributed by atoms with Crippen molar-refractivity contribution in [1.82, 2.24) is 5.43 Å². The fourth-order valence-corrected chi connectivity index (χ4v) is 3.65. The molecule has 0 bridgehead atoms. The standard InChI is InChI=1S/C15H8Br2ClN3O2/c16-7-5-9-12(10(17)6-7)19-15(23)13(9)20-21-14(22)8-3-1-2-4-11(8)18/h1-6H,(H,21,22)(H,19,20,23). The van der Waals surface area contributed by atoms with Gasteiger partial charge in [0, 0.05) is 14.5 Å². The fourth-order valence-electron chi connectivity index (χ4n) is 2.11. The number of hydrogen-bond donors (Lipinski definition) is 2. The molecule has 2 aromatic rings. The van der Waals surface area contributed by atoms with Crippen molar-refractivity contribution < 1.29 is 9.59 Å². The Labute approximate surface area is 153 Å². The summed E-state index contributed by atoms with van der Waals surface area (Å²) >= 11 is 12.7. The largest absolute Gasteiger partial charge is 0.319 e. The summed E-state index contributed by atoms with van der Waals surface area (Å²) in [7, 11) is 0. The first kappa shape index (κ1) is 16.2. The molecule has 2 amide bonds. The number of hydrogen-bond acceptors (Lipinski definition) is 3. The third-order valence-electron chi connectivity index (χ3n) is 3.15. The second-order valence-corrected chi connectivity index (χ2v) is 6.82. The zero-order valence-electron chi connectivity index (χ0n) is 11.4. The zero-order valence-corrected chi connectivity index (χ0v) is 15.3. The van der Waals surface area contributed by atoms with Crippen LogP contribution in [0.25, 0.3) is 0 Å². The minimum absolute atomic E-state index is 0.127. The quantitative estimate of drug-likeness (QED) is 0.671. The van der Waals surface area contributed by atoms with Gasteiger partial charge in [-0.25, -0.2) is 5.43 Å². The lowest BCUT2D eigenvalue weighted by molar-refractivity contribution is -0.110. The molecule has 116 valence electrons. The van der Waals surface area contributed by atoms with E-state index < -0.39 is 11.8 Å². The Kier molecular flexibility index (Phi) is 4.52. The van der Waals surface area contributed by atoms with Gasteiger partial charge < -0.3 is 5.32 Å². The lowest BCUT2D eigenvalue weighted by atomic mass is 10.1. The SMILES string of the molecule is O=C1Nc2c(Br)cc(Br)cc2/C1=N/NC(=O)c1ccccc1Cl. The normalized spacial score (nSPS) is 14.6. The zero-order chi connectivity index (χ0) is 16.6. The van der Waals surface area contributed by atoms with Gasteiger partial charge in [-0.3, -0.25) is 9.59 Å². The number of hydrazone groups is 1. The van der Waals surface area contributed by atoms with Crippen LogP contribution in [-0.4, -0.2) is 17.5 Å². The van der Waals surface area contributed by atoms with Crippen LogP contribution in [0.15, 0.2) is 50.4 Å². The topological polar surface area (TPSA) is 70.6 Å².